The zero-order chi connectivity index (χ0) is 13.1. The molecule has 0 fully saturated rings. The molecule has 0 amide bonds. The minimum absolute atomic E-state index is 0.333. The minimum atomic E-state index is -0.333. The zero-order valence-electron chi connectivity index (χ0n) is 11.4. The second-order valence-electron chi connectivity index (χ2n) is 4.51. The predicted molar refractivity (Wildman–Crippen MR) is 69.3 cm³/mol. The highest BCUT2D eigenvalue weighted by Gasteiger charge is 2.00. The van der Waals surface area contributed by atoms with Crippen LogP contribution in [-0.2, 0) is 14.3 Å². The topological polar surface area (TPSA) is 35.5 Å². The van der Waals surface area contributed by atoms with Crippen LogP contribution in [0, 0.1) is 5.92 Å². The van der Waals surface area contributed by atoms with Gasteiger partial charge in [0.25, 0.3) is 0 Å². The molecular formula is C14H24O3. The van der Waals surface area contributed by atoms with Gasteiger partial charge in [-0.2, -0.15) is 0 Å². The average Bonchev–Trinajstić information content (AvgIpc) is 2.22. The second kappa shape index (κ2) is 9.94. The third kappa shape index (κ3) is 12.7. The van der Waals surface area contributed by atoms with E-state index in [1.807, 2.05) is 0 Å². The van der Waals surface area contributed by atoms with Crippen molar-refractivity contribution >= 4 is 5.97 Å². The number of hydrogen-bond acceptors (Lipinski definition) is 3. The first-order valence-electron chi connectivity index (χ1n) is 6.09. The number of allylic oxidation sites excluding steroid dienone is 2. The summed E-state index contributed by atoms with van der Waals surface area (Å²) in [6.07, 6.45) is 8.29. The van der Waals surface area contributed by atoms with Gasteiger partial charge in [0.2, 0.25) is 0 Å². The van der Waals surface area contributed by atoms with Gasteiger partial charge >= 0.3 is 5.97 Å². The smallest absolute Gasteiger partial charge is 0.307 e. The van der Waals surface area contributed by atoms with E-state index in [2.05, 4.69) is 31.6 Å². The van der Waals surface area contributed by atoms with Crippen molar-refractivity contribution < 1.29 is 14.3 Å². The first-order chi connectivity index (χ1) is 8.02. The molecule has 0 saturated carbocycles. The molecule has 0 aliphatic carbocycles. The van der Waals surface area contributed by atoms with Gasteiger partial charge < -0.3 is 9.47 Å². The molecule has 0 rings (SSSR count). The first-order valence-corrected chi connectivity index (χ1v) is 6.09. The van der Waals surface area contributed by atoms with Crippen molar-refractivity contribution in [3.8, 4) is 0 Å². The van der Waals surface area contributed by atoms with E-state index in [-0.39, 0.29) is 5.97 Å². The van der Waals surface area contributed by atoms with Crippen molar-refractivity contribution in [2.75, 3.05) is 6.61 Å². The summed E-state index contributed by atoms with van der Waals surface area (Å²) in [6, 6.07) is 0. The lowest BCUT2D eigenvalue weighted by Gasteiger charge is -2.09. The summed E-state index contributed by atoms with van der Waals surface area (Å²) in [5.74, 6) is 0.313. The molecule has 0 saturated heterocycles. The minimum Gasteiger partial charge on any atom is -0.498 e. The van der Waals surface area contributed by atoms with E-state index in [4.69, 9.17) is 4.74 Å². The Morgan fingerprint density at radius 3 is 2.47 bits per heavy atom. The molecule has 0 N–H and O–H groups in total. The Morgan fingerprint density at radius 2 is 1.88 bits per heavy atom. The molecule has 0 aliphatic rings. The van der Waals surface area contributed by atoms with Gasteiger partial charge in [-0.15, -0.1) is 0 Å². The predicted octanol–water partition coefficient (Wildman–Crippen LogP) is 3.81. The Bertz CT molecular complexity index is 263. The van der Waals surface area contributed by atoms with Gasteiger partial charge in [0.05, 0.1) is 6.61 Å². The maximum atomic E-state index is 10.4. The van der Waals surface area contributed by atoms with E-state index in [9.17, 15) is 4.79 Å². The molecule has 0 spiro atoms. The van der Waals surface area contributed by atoms with Crippen LogP contribution in [-0.4, -0.2) is 12.6 Å². The molecule has 1 unspecified atom stereocenters. The molecular weight excluding hydrogens is 216 g/mol. The van der Waals surface area contributed by atoms with Crippen LogP contribution < -0.4 is 0 Å². The van der Waals surface area contributed by atoms with E-state index in [0.29, 0.717) is 12.5 Å². The normalized spacial score (nSPS) is 12.2. The van der Waals surface area contributed by atoms with Crippen LogP contribution in [0.3, 0.4) is 0 Å². The largest absolute Gasteiger partial charge is 0.498 e. The summed E-state index contributed by atoms with van der Waals surface area (Å²) >= 11 is 0. The first kappa shape index (κ1) is 15.8. The summed E-state index contributed by atoms with van der Waals surface area (Å²) in [4.78, 5) is 10.4. The lowest BCUT2D eigenvalue weighted by atomic mass is 10.0. The molecule has 98 valence electrons. The van der Waals surface area contributed by atoms with Crippen LogP contribution in [0.1, 0.15) is 47.0 Å². The summed E-state index contributed by atoms with van der Waals surface area (Å²) in [7, 11) is 0. The van der Waals surface area contributed by atoms with Crippen molar-refractivity contribution in [2.24, 2.45) is 5.92 Å². The fraction of sp³-hybridized carbons (Fsp3) is 0.643. The summed E-state index contributed by atoms with van der Waals surface area (Å²) < 4.78 is 9.80. The molecule has 0 aromatic heterocycles. The molecule has 17 heavy (non-hydrogen) atoms. The SMILES string of the molecule is CC(=O)OC=COCCC(C)CCC=C(C)C. The van der Waals surface area contributed by atoms with Gasteiger partial charge in [-0.25, -0.2) is 0 Å². The van der Waals surface area contributed by atoms with Gasteiger partial charge in [-0.05, 0) is 39.0 Å². The Balaban J connectivity index is 3.45. The van der Waals surface area contributed by atoms with E-state index >= 15 is 0 Å². The molecule has 0 aromatic rings. The van der Waals surface area contributed by atoms with E-state index in [1.165, 1.54) is 31.4 Å². The number of carbonyl (C=O) groups excluding carboxylic acids is 1. The number of hydrogen-bond donors (Lipinski definition) is 0. The Labute approximate surface area is 104 Å². The molecule has 3 heteroatoms. The van der Waals surface area contributed by atoms with Gasteiger partial charge in [-0.1, -0.05) is 18.6 Å². The van der Waals surface area contributed by atoms with Gasteiger partial charge in [0.15, 0.2) is 0 Å². The highest BCUT2D eigenvalue weighted by atomic mass is 16.5. The standard InChI is InChI=1S/C14H24O3/c1-12(2)6-5-7-13(3)8-9-16-10-11-17-14(4)15/h6,10-11,13H,5,7-9H2,1-4H3. The van der Waals surface area contributed by atoms with Crippen molar-refractivity contribution in [3.63, 3.8) is 0 Å². The quantitative estimate of drug-likeness (QED) is 0.280. The van der Waals surface area contributed by atoms with E-state index in [1.54, 1.807) is 0 Å². The number of esters is 1. The van der Waals surface area contributed by atoms with Crippen LogP contribution >= 0.6 is 0 Å². The van der Waals surface area contributed by atoms with E-state index in [0.717, 1.165) is 12.8 Å². The van der Waals surface area contributed by atoms with Crippen LogP contribution in [0.15, 0.2) is 24.2 Å². The number of carbonyl (C=O) groups is 1. The molecule has 1 atom stereocenters. The fourth-order valence-electron chi connectivity index (χ4n) is 1.30. The Kier molecular flexibility index (Phi) is 9.21. The molecule has 0 bridgehead atoms. The molecule has 0 heterocycles. The number of ether oxygens (including phenoxy) is 2. The van der Waals surface area contributed by atoms with Crippen LogP contribution in [0.5, 0.6) is 0 Å². The maximum Gasteiger partial charge on any atom is 0.307 e. The maximum absolute atomic E-state index is 10.4. The second-order valence-corrected chi connectivity index (χ2v) is 4.51. The third-order valence-corrected chi connectivity index (χ3v) is 2.33. The molecule has 0 aromatic carbocycles. The van der Waals surface area contributed by atoms with Gasteiger partial charge in [0, 0.05) is 6.92 Å². The Hall–Kier alpha value is -1.25. The number of rotatable bonds is 8. The van der Waals surface area contributed by atoms with Gasteiger partial charge in [-0.3, -0.25) is 4.79 Å². The average molecular weight is 240 g/mol. The lowest BCUT2D eigenvalue weighted by Crippen LogP contribution is -1.99. The highest BCUT2D eigenvalue weighted by molar-refractivity contribution is 5.66. The van der Waals surface area contributed by atoms with Crippen molar-refractivity contribution in [1.82, 2.24) is 0 Å². The molecule has 0 aliphatic heterocycles. The lowest BCUT2D eigenvalue weighted by molar-refractivity contribution is -0.135. The van der Waals surface area contributed by atoms with E-state index < -0.39 is 0 Å². The van der Waals surface area contributed by atoms with Crippen molar-refractivity contribution in [3.05, 3.63) is 24.2 Å². The zero-order valence-corrected chi connectivity index (χ0v) is 11.4. The summed E-state index contributed by atoms with van der Waals surface area (Å²) in [5, 5.41) is 0. The van der Waals surface area contributed by atoms with Crippen molar-refractivity contribution in [2.45, 2.75) is 47.0 Å². The summed E-state index contributed by atoms with van der Waals surface area (Å²) in [5.41, 5.74) is 1.37. The van der Waals surface area contributed by atoms with Crippen LogP contribution in [0.2, 0.25) is 0 Å². The molecule has 3 nitrogen and oxygen atoms in total. The summed E-state index contributed by atoms with van der Waals surface area (Å²) in [6.45, 7) is 8.47. The molecule has 0 radical (unpaired) electrons. The van der Waals surface area contributed by atoms with Crippen molar-refractivity contribution in [1.29, 1.82) is 0 Å². The van der Waals surface area contributed by atoms with Gasteiger partial charge in [0.1, 0.15) is 12.5 Å². The monoisotopic (exact) mass is 240 g/mol. The third-order valence-electron chi connectivity index (χ3n) is 2.33. The van der Waals surface area contributed by atoms with Crippen LogP contribution in [0.4, 0.5) is 0 Å². The fourth-order valence-corrected chi connectivity index (χ4v) is 1.30. The Morgan fingerprint density at radius 1 is 1.18 bits per heavy atom. The van der Waals surface area contributed by atoms with Crippen LogP contribution in [0.25, 0.3) is 0 Å². The highest BCUT2D eigenvalue weighted by Crippen LogP contribution is 2.11.